The van der Waals surface area contributed by atoms with Gasteiger partial charge in [0.1, 0.15) is 22.2 Å². The molecule has 4 rings (SSSR count). The van der Waals surface area contributed by atoms with Crippen LogP contribution < -0.4 is 4.84 Å². The standard InChI is InChI=1S/C14H10N6O/c1-9-14(17-12-8-15-7-6-10(12)16-9)21-20-13-5-3-2-4-11(13)18-19-20/h2-8H,1H3. The van der Waals surface area contributed by atoms with Crippen molar-refractivity contribution in [3.05, 3.63) is 48.4 Å². The minimum Gasteiger partial charge on any atom is -0.334 e. The van der Waals surface area contributed by atoms with Gasteiger partial charge in [0.05, 0.1) is 11.7 Å². The van der Waals surface area contributed by atoms with E-state index in [-0.39, 0.29) is 0 Å². The number of nitrogens with zero attached hydrogens (tertiary/aromatic N) is 6. The van der Waals surface area contributed by atoms with Crippen molar-refractivity contribution in [3.8, 4) is 5.88 Å². The number of fused-ring (bicyclic) bond motifs is 2. The first-order chi connectivity index (χ1) is 10.3. The Morgan fingerprint density at radius 3 is 2.86 bits per heavy atom. The van der Waals surface area contributed by atoms with Crippen molar-refractivity contribution in [2.24, 2.45) is 0 Å². The number of rotatable bonds is 2. The van der Waals surface area contributed by atoms with Gasteiger partial charge in [0.15, 0.2) is 0 Å². The Morgan fingerprint density at radius 2 is 1.90 bits per heavy atom. The molecule has 102 valence electrons. The summed E-state index contributed by atoms with van der Waals surface area (Å²) in [4.78, 5) is 20.0. The molecule has 0 aliphatic rings. The maximum atomic E-state index is 5.71. The molecule has 1 aromatic carbocycles. The summed E-state index contributed by atoms with van der Waals surface area (Å²) in [6.45, 7) is 1.83. The molecule has 0 bridgehead atoms. The molecule has 4 aromatic rings. The van der Waals surface area contributed by atoms with E-state index in [4.69, 9.17) is 4.84 Å². The second-order valence-electron chi connectivity index (χ2n) is 4.52. The van der Waals surface area contributed by atoms with Crippen LogP contribution in [0.3, 0.4) is 0 Å². The van der Waals surface area contributed by atoms with Crippen LogP contribution >= 0.6 is 0 Å². The Morgan fingerprint density at radius 1 is 1.00 bits per heavy atom. The summed E-state index contributed by atoms with van der Waals surface area (Å²) >= 11 is 0. The molecule has 21 heavy (non-hydrogen) atoms. The van der Waals surface area contributed by atoms with Gasteiger partial charge in [0.25, 0.3) is 5.88 Å². The van der Waals surface area contributed by atoms with Crippen LogP contribution in [0.4, 0.5) is 0 Å². The Labute approximate surface area is 119 Å². The van der Waals surface area contributed by atoms with Crippen LogP contribution in [0.1, 0.15) is 5.69 Å². The molecule has 3 aromatic heterocycles. The SMILES string of the molecule is Cc1nc2ccncc2nc1On1nnc2ccccc21. The van der Waals surface area contributed by atoms with Crippen molar-refractivity contribution in [1.82, 2.24) is 30.1 Å². The van der Waals surface area contributed by atoms with Crippen LogP contribution in [0.15, 0.2) is 42.7 Å². The van der Waals surface area contributed by atoms with E-state index in [1.807, 2.05) is 37.3 Å². The molecule has 3 heterocycles. The molecule has 0 amide bonds. The second kappa shape index (κ2) is 4.48. The zero-order valence-electron chi connectivity index (χ0n) is 11.1. The molecule has 0 aliphatic heterocycles. The lowest BCUT2D eigenvalue weighted by atomic mass is 10.3. The molecule has 0 spiro atoms. The topological polar surface area (TPSA) is 78.6 Å². The van der Waals surface area contributed by atoms with Crippen LogP contribution in [-0.2, 0) is 0 Å². The van der Waals surface area contributed by atoms with Crippen molar-refractivity contribution in [1.29, 1.82) is 0 Å². The highest BCUT2D eigenvalue weighted by atomic mass is 16.7. The molecule has 0 fully saturated rings. The summed E-state index contributed by atoms with van der Waals surface area (Å²) in [5.41, 5.74) is 3.64. The number of aryl methyl sites for hydroxylation is 1. The van der Waals surface area contributed by atoms with Gasteiger partial charge in [-0.2, -0.15) is 0 Å². The number of para-hydroxylation sites is 1. The van der Waals surface area contributed by atoms with E-state index in [1.165, 1.54) is 4.85 Å². The Kier molecular flexibility index (Phi) is 2.50. The third-order valence-electron chi connectivity index (χ3n) is 3.09. The van der Waals surface area contributed by atoms with Gasteiger partial charge in [-0.15, -0.1) is 5.10 Å². The quantitative estimate of drug-likeness (QED) is 0.557. The predicted octanol–water partition coefficient (Wildman–Crippen LogP) is 1.92. The predicted molar refractivity (Wildman–Crippen MR) is 75.6 cm³/mol. The molecule has 0 aliphatic carbocycles. The summed E-state index contributed by atoms with van der Waals surface area (Å²) in [6.07, 6.45) is 3.33. The maximum Gasteiger partial charge on any atom is 0.270 e. The third-order valence-corrected chi connectivity index (χ3v) is 3.09. The number of pyridine rings is 1. The fraction of sp³-hybridized carbons (Fsp3) is 0.0714. The van der Waals surface area contributed by atoms with E-state index in [0.717, 1.165) is 16.6 Å². The monoisotopic (exact) mass is 278 g/mol. The maximum absolute atomic E-state index is 5.71. The molecule has 0 atom stereocenters. The van der Waals surface area contributed by atoms with Gasteiger partial charge in [-0.1, -0.05) is 17.0 Å². The van der Waals surface area contributed by atoms with Crippen molar-refractivity contribution >= 4 is 22.1 Å². The number of hydrogen-bond acceptors (Lipinski definition) is 6. The smallest absolute Gasteiger partial charge is 0.270 e. The minimum absolute atomic E-state index is 0.381. The Balaban J connectivity index is 1.82. The third kappa shape index (κ3) is 1.95. The van der Waals surface area contributed by atoms with E-state index >= 15 is 0 Å². The largest absolute Gasteiger partial charge is 0.334 e. The minimum atomic E-state index is 0.381. The lowest BCUT2D eigenvalue weighted by Gasteiger charge is -2.07. The van der Waals surface area contributed by atoms with Gasteiger partial charge in [-0.3, -0.25) is 4.98 Å². The molecular formula is C14H10N6O. The highest BCUT2D eigenvalue weighted by Gasteiger charge is 2.11. The Hall–Kier alpha value is -3.09. The van der Waals surface area contributed by atoms with Crippen molar-refractivity contribution in [3.63, 3.8) is 0 Å². The van der Waals surface area contributed by atoms with Gasteiger partial charge in [0, 0.05) is 6.20 Å². The lowest BCUT2D eigenvalue weighted by Crippen LogP contribution is -2.10. The molecular weight excluding hydrogens is 268 g/mol. The molecule has 0 saturated heterocycles. The van der Waals surface area contributed by atoms with E-state index in [0.29, 0.717) is 17.1 Å². The molecule has 7 nitrogen and oxygen atoms in total. The highest BCUT2D eigenvalue weighted by Crippen LogP contribution is 2.19. The zero-order chi connectivity index (χ0) is 14.2. The molecule has 0 N–H and O–H groups in total. The summed E-state index contributed by atoms with van der Waals surface area (Å²) < 4.78 is 0. The van der Waals surface area contributed by atoms with Crippen LogP contribution in [0, 0.1) is 6.92 Å². The first-order valence-electron chi connectivity index (χ1n) is 6.38. The summed E-state index contributed by atoms with van der Waals surface area (Å²) in [7, 11) is 0. The summed E-state index contributed by atoms with van der Waals surface area (Å²) in [6, 6.07) is 9.35. The fourth-order valence-corrected chi connectivity index (χ4v) is 2.06. The van der Waals surface area contributed by atoms with Crippen molar-refractivity contribution < 1.29 is 4.84 Å². The number of aromatic nitrogens is 6. The van der Waals surface area contributed by atoms with Gasteiger partial charge in [-0.25, -0.2) is 9.97 Å². The molecule has 7 heteroatoms. The summed E-state index contributed by atoms with van der Waals surface area (Å²) in [5, 5.41) is 8.01. The molecule has 0 unspecified atom stereocenters. The fourth-order valence-electron chi connectivity index (χ4n) is 2.06. The van der Waals surface area contributed by atoms with Crippen LogP contribution in [0.2, 0.25) is 0 Å². The van der Waals surface area contributed by atoms with Crippen LogP contribution in [0.25, 0.3) is 22.1 Å². The second-order valence-corrected chi connectivity index (χ2v) is 4.52. The molecule has 0 saturated carbocycles. The van der Waals surface area contributed by atoms with E-state index in [2.05, 4.69) is 25.3 Å². The number of benzene rings is 1. The van der Waals surface area contributed by atoms with Gasteiger partial charge in [0.2, 0.25) is 0 Å². The normalized spacial score (nSPS) is 11.1. The van der Waals surface area contributed by atoms with E-state index < -0.39 is 0 Å². The van der Waals surface area contributed by atoms with E-state index in [1.54, 1.807) is 12.4 Å². The first kappa shape index (κ1) is 11.7. The lowest BCUT2D eigenvalue weighted by molar-refractivity contribution is 0.174. The highest BCUT2D eigenvalue weighted by molar-refractivity contribution is 5.74. The van der Waals surface area contributed by atoms with E-state index in [9.17, 15) is 0 Å². The van der Waals surface area contributed by atoms with Crippen LogP contribution in [-0.4, -0.2) is 30.1 Å². The van der Waals surface area contributed by atoms with Crippen molar-refractivity contribution in [2.75, 3.05) is 0 Å². The first-order valence-corrected chi connectivity index (χ1v) is 6.38. The van der Waals surface area contributed by atoms with Gasteiger partial charge < -0.3 is 4.84 Å². The average Bonchev–Trinajstić information content (AvgIpc) is 2.91. The zero-order valence-corrected chi connectivity index (χ0v) is 11.1. The number of hydrogen-bond donors (Lipinski definition) is 0. The Bertz CT molecular complexity index is 948. The molecule has 0 radical (unpaired) electrons. The van der Waals surface area contributed by atoms with Crippen LogP contribution in [0.5, 0.6) is 5.88 Å². The van der Waals surface area contributed by atoms with Gasteiger partial charge >= 0.3 is 0 Å². The van der Waals surface area contributed by atoms with Crippen molar-refractivity contribution in [2.45, 2.75) is 6.92 Å². The average molecular weight is 278 g/mol. The van der Waals surface area contributed by atoms with Gasteiger partial charge in [-0.05, 0) is 30.3 Å². The summed E-state index contributed by atoms with van der Waals surface area (Å²) in [5.74, 6) is 0.381.